The highest BCUT2D eigenvalue weighted by Crippen LogP contribution is 2.13. The highest BCUT2D eigenvalue weighted by Gasteiger charge is 1.66. The number of allylic oxidation sites excluding steroid dienone is 1. The molecule has 0 heterocycles. The van der Waals surface area contributed by atoms with Crippen molar-refractivity contribution in [3.8, 4) is 0 Å². The SMILES string of the molecule is CC=C[PH](O)=S.Cl. The lowest BCUT2D eigenvalue weighted by Gasteiger charge is -1.75. The Labute approximate surface area is 55.3 Å². The Morgan fingerprint density at radius 2 is 2.14 bits per heavy atom. The highest BCUT2D eigenvalue weighted by molar-refractivity contribution is 8.03. The Hall–Kier alpha value is 0.640. The van der Waals surface area contributed by atoms with E-state index in [1.54, 1.807) is 11.9 Å². The molecule has 0 saturated heterocycles. The van der Waals surface area contributed by atoms with Crippen LogP contribution >= 0.6 is 19.3 Å². The minimum absolute atomic E-state index is 0. The van der Waals surface area contributed by atoms with Gasteiger partial charge in [-0.05, 0) is 12.7 Å². The smallest absolute Gasteiger partial charge is 0.0723 e. The number of hydrogen-bond acceptors (Lipinski definition) is 1. The van der Waals surface area contributed by atoms with Crippen molar-refractivity contribution in [1.29, 1.82) is 0 Å². The van der Waals surface area contributed by atoms with Crippen LogP contribution in [0.2, 0.25) is 0 Å². The second-order valence-electron chi connectivity index (χ2n) is 0.838. The first-order valence-electron chi connectivity index (χ1n) is 1.63. The van der Waals surface area contributed by atoms with Crippen molar-refractivity contribution in [3.05, 3.63) is 11.9 Å². The minimum atomic E-state index is -1.48. The predicted octanol–water partition coefficient (Wildman–Crippen LogP) is 1.53. The fourth-order valence-corrected chi connectivity index (χ4v) is 0.836. The van der Waals surface area contributed by atoms with Gasteiger partial charge in [-0.15, -0.1) is 12.4 Å². The van der Waals surface area contributed by atoms with E-state index >= 15 is 0 Å². The summed E-state index contributed by atoms with van der Waals surface area (Å²) in [5.41, 5.74) is 0. The van der Waals surface area contributed by atoms with Crippen molar-refractivity contribution < 1.29 is 4.89 Å². The molecule has 0 rings (SSSR count). The van der Waals surface area contributed by atoms with Crippen LogP contribution in [0.3, 0.4) is 0 Å². The molecule has 0 radical (unpaired) electrons. The van der Waals surface area contributed by atoms with Gasteiger partial charge in [0.15, 0.2) is 0 Å². The van der Waals surface area contributed by atoms with E-state index in [4.69, 9.17) is 4.89 Å². The summed E-state index contributed by atoms with van der Waals surface area (Å²) in [6, 6.07) is 0. The van der Waals surface area contributed by atoms with Gasteiger partial charge < -0.3 is 4.89 Å². The zero-order valence-corrected chi connectivity index (χ0v) is 6.55. The third kappa shape index (κ3) is 10.8. The summed E-state index contributed by atoms with van der Waals surface area (Å²) in [7, 11) is 0. The van der Waals surface area contributed by atoms with E-state index in [2.05, 4.69) is 11.8 Å². The van der Waals surface area contributed by atoms with Gasteiger partial charge in [0.05, 0.1) is 6.92 Å². The maximum atomic E-state index is 8.38. The summed E-state index contributed by atoms with van der Waals surface area (Å²) in [6.07, 6.45) is 1.77. The van der Waals surface area contributed by atoms with Crippen molar-refractivity contribution in [2.75, 3.05) is 0 Å². The molecule has 7 heavy (non-hydrogen) atoms. The van der Waals surface area contributed by atoms with Crippen LogP contribution in [0.5, 0.6) is 0 Å². The predicted molar refractivity (Wildman–Crippen MR) is 40.0 cm³/mol. The summed E-state index contributed by atoms with van der Waals surface area (Å²) in [5, 5.41) is 0. The van der Waals surface area contributed by atoms with Gasteiger partial charge in [0.1, 0.15) is 0 Å². The van der Waals surface area contributed by atoms with Gasteiger partial charge in [-0.1, -0.05) is 17.9 Å². The molecule has 1 nitrogen and oxygen atoms in total. The van der Waals surface area contributed by atoms with Crippen LogP contribution in [0.15, 0.2) is 11.9 Å². The van der Waals surface area contributed by atoms with Gasteiger partial charge in [0.25, 0.3) is 0 Å². The summed E-state index contributed by atoms with van der Waals surface area (Å²) < 4.78 is 0. The average Bonchev–Trinajstić information content (AvgIpc) is 1.35. The number of rotatable bonds is 1. The Morgan fingerprint density at radius 1 is 1.71 bits per heavy atom. The summed E-state index contributed by atoms with van der Waals surface area (Å²) in [5.74, 6) is 1.64. The fourth-order valence-electron chi connectivity index (χ4n) is 0.143. The van der Waals surface area contributed by atoms with Crippen molar-refractivity contribution in [1.82, 2.24) is 0 Å². The van der Waals surface area contributed by atoms with Gasteiger partial charge in [-0.2, -0.15) is 0 Å². The van der Waals surface area contributed by atoms with Gasteiger partial charge in [-0.25, -0.2) is 0 Å². The van der Waals surface area contributed by atoms with Gasteiger partial charge >= 0.3 is 0 Å². The summed E-state index contributed by atoms with van der Waals surface area (Å²) in [6.45, 7) is 0.358. The summed E-state index contributed by atoms with van der Waals surface area (Å²) >= 11 is 4.45. The number of halogens is 1. The van der Waals surface area contributed by atoms with Crippen molar-refractivity contribution >= 4 is 31.1 Å². The maximum Gasteiger partial charge on any atom is 0.0723 e. The molecule has 0 aromatic heterocycles. The molecule has 0 amide bonds. The molecule has 0 bridgehead atoms. The minimum Gasteiger partial charge on any atom is -0.364 e. The zero-order chi connectivity index (χ0) is 4.99. The molecule has 1 N–H and O–H groups in total. The first kappa shape index (κ1) is 10.6. The second-order valence-corrected chi connectivity index (χ2v) is 3.10. The van der Waals surface area contributed by atoms with Gasteiger partial charge in [0.2, 0.25) is 0 Å². The molecule has 0 aliphatic rings. The topological polar surface area (TPSA) is 20.2 Å². The Balaban J connectivity index is 0. The Kier molecular flexibility index (Phi) is 10.0. The zero-order valence-electron chi connectivity index (χ0n) is 3.92. The lowest BCUT2D eigenvalue weighted by Crippen LogP contribution is -1.40. The monoisotopic (exact) mass is 158 g/mol. The molecule has 44 valence electrons. The van der Waals surface area contributed by atoms with E-state index < -0.39 is 6.92 Å². The van der Waals surface area contributed by atoms with Gasteiger partial charge in [-0.3, -0.25) is 0 Å². The van der Waals surface area contributed by atoms with Crippen molar-refractivity contribution in [3.63, 3.8) is 0 Å². The van der Waals surface area contributed by atoms with Crippen LogP contribution in [-0.2, 0) is 11.8 Å². The number of hydrogen-bond donors (Lipinski definition) is 1. The fraction of sp³-hybridized carbons (Fsp3) is 0.333. The molecule has 1 atom stereocenters. The third-order valence-electron chi connectivity index (χ3n) is 0.309. The normalized spacial score (nSPS) is 13.4. The Bertz CT molecular complexity index is 83.0. The molecule has 0 aliphatic heterocycles. The van der Waals surface area contributed by atoms with Crippen LogP contribution in [0.4, 0.5) is 0 Å². The van der Waals surface area contributed by atoms with Crippen molar-refractivity contribution in [2.24, 2.45) is 0 Å². The quantitative estimate of drug-likeness (QED) is 0.584. The van der Waals surface area contributed by atoms with E-state index in [9.17, 15) is 0 Å². The lowest BCUT2D eigenvalue weighted by atomic mass is 10.8. The van der Waals surface area contributed by atoms with E-state index in [-0.39, 0.29) is 12.4 Å². The van der Waals surface area contributed by atoms with Gasteiger partial charge in [0, 0.05) is 0 Å². The molecule has 0 aromatic carbocycles. The van der Waals surface area contributed by atoms with Crippen LogP contribution in [0.25, 0.3) is 0 Å². The first-order valence-corrected chi connectivity index (χ1v) is 4.28. The van der Waals surface area contributed by atoms with Crippen molar-refractivity contribution in [2.45, 2.75) is 6.92 Å². The van der Waals surface area contributed by atoms with Crippen LogP contribution in [0, 0.1) is 0 Å². The van der Waals surface area contributed by atoms with E-state index in [1.165, 1.54) is 0 Å². The van der Waals surface area contributed by atoms with Crippen LogP contribution in [-0.4, -0.2) is 4.89 Å². The molecular formula is C3H8ClOPS. The molecular weight excluding hydrogens is 151 g/mol. The summed E-state index contributed by atoms with van der Waals surface area (Å²) in [4.78, 5) is 8.38. The molecule has 1 unspecified atom stereocenters. The van der Waals surface area contributed by atoms with E-state index in [0.29, 0.717) is 0 Å². The molecule has 0 aromatic rings. The first-order chi connectivity index (χ1) is 2.77. The highest BCUT2D eigenvalue weighted by atomic mass is 35.5. The standard InChI is InChI=1S/C3H7OPS.ClH/c1-2-3-5(4)6;/h2-3,5H,1H3,(H,4,6);1H. The largest absolute Gasteiger partial charge is 0.364 e. The lowest BCUT2D eigenvalue weighted by molar-refractivity contribution is 0.652. The second kappa shape index (κ2) is 6.64. The van der Waals surface area contributed by atoms with E-state index in [0.717, 1.165) is 0 Å². The van der Waals surface area contributed by atoms with Crippen LogP contribution < -0.4 is 0 Å². The molecule has 0 aliphatic carbocycles. The maximum absolute atomic E-state index is 8.38. The van der Waals surface area contributed by atoms with Crippen LogP contribution in [0.1, 0.15) is 6.92 Å². The Morgan fingerprint density at radius 3 is 2.14 bits per heavy atom. The average molecular weight is 159 g/mol. The van der Waals surface area contributed by atoms with E-state index in [1.807, 2.05) is 6.92 Å². The molecule has 4 heteroatoms. The molecule has 0 saturated carbocycles. The third-order valence-corrected chi connectivity index (χ3v) is 1.34. The molecule has 0 spiro atoms. The molecule has 0 fully saturated rings.